The third-order valence-corrected chi connectivity index (χ3v) is 5.71. The second kappa shape index (κ2) is 10.8. The van der Waals surface area contributed by atoms with Crippen LogP contribution in [0.4, 0.5) is 0 Å². The van der Waals surface area contributed by atoms with E-state index in [1.807, 2.05) is 12.3 Å². The van der Waals surface area contributed by atoms with Crippen LogP contribution in [0.1, 0.15) is 52.0 Å². The van der Waals surface area contributed by atoms with E-state index < -0.39 is 0 Å². The van der Waals surface area contributed by atoms with E-state index >= 15 is 0 Å². The summed E-state index contributed by atoms with van der Waals surface area (Å²) >= 11 is 0. The second-order valence-corrected chi connectivity index (χ2v) is 8.49. The van der Waals surface area contributed by atoms with Gasteiger partial charge in [-0.15, -0.1) is 0 Å². The molecule has 2 N–H and O–H groups in total. The van der Waals surface area contributed by atoms with Crippen molar-refractivity contribution in [3.63, 3.8) is 0 Å². The van der Waals surface area contributed by atoms with E-state index in [9.17, 15) is 0 Å². The summed E-state index contributed by atoms with van der Waals surface area (Å²) in [4.78, 5) is 11.7. The number of pyridine rings is 1. The number of nitrogens with zero attached hydrogens (tertiary/aromatic N) is 3. The number of guanidine groups is 1. The summed E-state index contributed by atoms with van der Waals surface area (Å²) in [6.07, 6.45) is 7.03. The number of aliphatic imine (C=N–C) groups is 1. The highest BCUT2D eigenvalue weighted by Crippen LogP contribution is 2.23. The molecule has 1 aliphatic heterocycles. The van der Waals surface area contributed by atoms with Crippen LogP contribution in [-0.4, -0.2) is 66.9 Å². The number of nitrogens with one attached hydrogen (secondary N) is 2. The van der Waals surface area contributed by atoms with E-state index in [0.717, 1.165) is 69.6 Å². The van der Waals surface area contributed by atoms with Gasteiger partial charge in [0.2, 0.25) is 5.88 Å². The van der Waals surface area contributed by atoms with Crippen LogP contribution in [-0.2, 0) is 11.3 Å². The number of morpholine rings is 1. The fourth-order valence-electron chi connectivity index (χ4n) is 3.84. The highest BCUT2D eigenvalue weighted by molar-refractivity contribution is 5.79. The zero-order chi connectivity index (χ0) is 20.5. The molecule has 7 nitrogen and oxygen atoms in total. The van der Waals surface area contributed by atoms with Gasteiger partial charge in [0.1, 0.15) is 6.10 Å². The summed E-state index contributed by atoms with van der Waals surface area (Å²) < 4.78 is 11.4. The minimum Gasteiger partial charge on any atom is -0.474 e. The van der Waals surface area contributed by atoms with Gasteiger partial charge in [-0.3, -0.25) is 4.90 Å². The molecule has 2 fully saturated rings. The molecule has 162 valence electrons. The normalized spacial score (nSPS) is 19.3. The summed E-state index contributed by atoms with van der Waals surface area (Å²) in [7, 11) is 0. The maximum atomic E-state index is 5.94. The molecule has 29 heavy (non-hydrogen) atoms. The Morgan fingerprint density at radius 2 is 2.00 bits per heavy atom. The smallest absolute Gasteiger partial charge is 0.213 e. The molecular formula is C22H37N5O2. The Hall–Kier alpha value is -1.86. The summed E-state index contributed by atoms with van der Waals surface area (Å²) in [5.41, 5.74) is 1.12. The maximum Gasteiger partial charge on any atom is 0.213 e. The van der Waals surface area contributed by atoms with E-state index in [0.29, 0.717) is 12.6 Å². The average Bonchev–Trinajstić information content (AvgIpc) is 3.25. The van der Waals surface area contributed by atoms with E-state index in [1.165, 1.54) is 12.8 Å². The van der Waals surface area contributed by atoms with Gasteiger partial charge in [-0.1, -0.05) is 6.07 Å². The van der Waals surface area contributed by atoms with E-state index in [4.69, 9.17) is 14.5 Å². The van der Waals surface area contributed by atoms with Crippen molar-refractivity contribution in [2.75, 3.05) is 39.4 Å². The highest BCUT2D eigenvalue weighted by Gasteiger charge is 2.28. The van der Waals surface area contributed by atoms with Crippen LogP contribution in [0.15, 0.2) is 23.3 Å². The van der Waals surface area contributed by atoms with Gasteiger partial charge in [0.15, 0.2) is 5.96 Å². The molecule has 0 bridgehead atoms. The monoisotopic (exact) mass is 403 g/mol. The lowest BCUT2D eigenvalue weighted by atomic mass is 10.0. The van der Waals surface area contributed by atoms with Crippen molar-refractivity contribution in [2.45, 2.75) is 64.6 Å². The SMILES string of the molecule is CCNC(=NCc1ccc(OC2CCCC2)nc1)NCC(C)(C)N1CCOCC1. The number of ether oxygens (including phenoxy) is 2. The minimum atomic E-state index is 0.0424. The molecule has 0 amide bonds. The van der Waals surface area contributed by atoms with Crippen molar-refractivity contribution < 1.29 is 9.47 Å². The predicted octanol–water partition coefficient (Wildman–Crippen LogP) is 2.57. The van der Waals surface area contributed by atoms with Gasteiger partial charge in [-0.2, -0.15) is 0 Å². The topological polar surface area (TPSA) is 71.0 Å². The lowest BCUT2D eigenvalue weighted by molar-refractivity contribution is -0.00834. The molecule has 7 heteroatoms. The van der Waals surface area contributed by atoms with Crippen molar-refractivity contribution in [1.29, 1.82) is 0 Å². The molecule has 0 unspecified atom stereocenters. The van der Waals surface area contributed by atoms with Crippen molar-refractivity contribution >= 4 is 5.96 Å². The zero-order valence-corrected chi connectivity index (χ0v) is 18.2. The third kappa shape index (κ3) is 6.85. The van der Waals surface area contributed by atoms with Gasteiger partial charge in [-0.25, -0.2) is 9.98 Å². The standard InChI is InChI=1S/C22H37N5O2/c1-4-23-21(26-17-22(2,3)27-11-13-28-14-12-27)25-16-18-9-10-20(24-15-18)29-19-7-5-6-8-19/h9-10,15,19H,4-8,11-14,16-17H2,1-3H3,(H2,23,25,26). The number of rotatable bonds is 8. The van der Waals surface area contributed by atoms with Crippen LogP contribution in [0.25, 0.3) is 0 Å². The molecule has 2 heterocycles. The van der Waals surface area contributed by atoms with Gasteiger partial charge >= 0.3 is 0 Å². The fraction of sp³-hybridized carbons (Fsp3) is 0.727. The van der Waals surface area contributed by atoms with Crippen LogP contribution in [0.2, 0.25) is 0 Å². The largest absolute Gasteiger partial charge is 0.474 e. The zero-order valence-electron chi connectivity index (χ0n) is 18.2. The van der Waals surface area contributed by atoms with Gasteiger partial charge in [0.05, 0.1) is 19.8 Å². The van der Waals surface area contributed by atoms with Gasteiger partial charge in [0.25, 0.3) is 0 Å². The molecule has 3 rings (SSSR count). The first kappa shape index (κ1) is 21.8. The van der Waals surface area contributed by atoms with E-state index in [2.05, 4.69) is 47.4 Å². The molecule has 1 aromatic heterocycles. The Bertz CT molecular complexity index is 635. The maximum absolute atomic E-state index is 5.94. The molecule has 0 atom stereocenters. The summed E-state index contributed by atoms with van der Waals surface area (Å²) in [5, 5.41) is 6.84. The lowest BCUT2D eigenvalue weighted by Crippen LogP contribution is -2.56. The molecule has 1 saturated carbocycles. The van der Waals surface area contributed by atoms with E-state index in [-0.39, 0.29) is 5.54 Å². The lowest BCUT2D eigenvalue weighted by Gasteiger charge is -2.41. The van der Waals surface area contributed by atoms with Crippen molar-refractivity contribution in [3.8, 4) is 5.88 Å². The summed E-state index contributed by atoms with van der Waals surface area (Å²) in [6.45, 7) is 12.4. The first-order chi connectivity index (χ1) is 14.1. The average molecular weight is 404 g/mol. The van der Waals surface area contributed by atoms with Crippen LogP contribution in [0.3, 0.4) is 0 Å². The van der Waals surface area contributed by atoms with Crippen LogP contribution in [0, 0.1) is 0 Å². The van der Waals surface area contributed by atoms with Crippen molar-refractivity contribution in [2.24, 2.45) is 4.99 Å². The summed E-state index contributed by atoms with van der Waals surface area (Å²) in [6, 6.07) is 4.02. The molecule has 0 spiro atoms. The van der Waals surface area contributed by atoms with Crippen molar-refractivity contribution in [3.05, 3.63) is 23.9 Å². The quantitative estimate of drug-likeness (QED) is 0.514. The van der Waals surface area contributed by atoms with Gasteiger partial charge in [0, 0.05) is 44.0 Å². The molecule has 1 aliphatic carbocycles. The molecular weight excluding hydrogens is 366 g/mol. The summed E-state index contributed by atoms with van der Waals surface area (Å²) in [5.74, 6) is 1.56. The van der Waals surface area contributed by atoms with Crippen LogP contribution < -0.4 is 15.4 Å². The van der Waals surface area contributed by atoms with Gasteiger partial charge < -0.3 is 20.1 Å². The molecule has 1 aromatic rings. The first-order valence-corrected chi connectivity index (χ1v) is 11.0. The third-order valence-electron chi connectivity index (χ3n) is 5.71. The number of hydrogen-bond donors (Lipinski definition) is 2. The Morgan fingerprint density at radius 3 is 2.66 bits per heavy atom. The predicted molar refractivity (Wildman–Crippen MR) is 116 cm³/mol. The Kier molecular flexibility index (Phi) is 8.12. The van der Waals surface area contributed by atoms with Crippen LogP contribution in [0.5, 0.6) is 5.88 Å². The molecule has 1 saturated heterocycles. The van der Waals surface area contributed by atoms with E-state index in [1.54, 1.807) is 0 Å². The second-order valence-electron chi connectivity index (χ2n) is 8.49. The Morgan fingerprint density at radius 1 is 1.24 bits per heavy atom. The Labute approximate surface area is 175 Å². The number of aromatic nitrogens is 1. The van der Waals surface area contributed by atoms with Crippen molar-refractivity contribution in [1.82, 2.24) is 20.5 Å². The minimum absolute atomic E-state index is 0.0424. The number of hydrogen-bond acceptors (Lipinski definition) is 5. The highest BCUT2D eigenvalue weighted by atomic mass is 16.5. The molecule has 0 radical (unpaired) electrons. The molecule has 0 aromatic carbocycles. The Balaban J connectivity index is 1.51. The first-order valence-electron chi connectivity index (χ1n) is 11.0. The fourth-order valence-corrected chi connectivity index (χ4v) is 3.84. The van der Waals surface area contributed by atoms with Gasteiger partial charge in [-0.05, 0) is 52.0 Å². The van der Waals surface area contributed by atoms with Crippen LogP contribution >= 0.6 is 0 Å². The molecule has 2 aliphatic rings.